The minimum absolute atomic E-state index is 0.260. The molecule has 2 atom stereocenters. The van der Waals surface area contributed by atoms with E-state index in [0.717, 1.165) is 13.1 Å². The summed E-state index contributed by atoms with van der Waals surface area (Å²) in [6, 6.07) is 0. The van der Waals surface area contributed by atoms with Crippen LogP contribution in [0, 0.1) is 11.8 Å². The van der Waals surface area contributed by atoms with E-state index in [-0.39, 0.29) is 6.61 Å². The Morgan fingerprint density at radius 3 is 2.85 bits per heavy atom. The molecule has 1 aliphatic rings. The van der Waals surface area contributed by atoms with Crippen molar-refractivity contribution in [2.75, 3.05) is 40.0 Å². The van der Waals surface area contributed by atoms with Crippen molar-refractivity contribution < 1.29 is 9.84 Å². The first kappa shape index (κ1) is 11.0. The Balaban J connectivity index is 2.33. The SMILES string of the molecule is CCN1CCC(C(CO)COC)C1. The molecule has 0 aromatic heterocycles. The summed E-state index contributed by atoms with van der Waals surface area (Å²) in [5.41, 5.74) is 0. The number of nitrogens with zero attached hydrogens (tertiary/aromatic N) is 1. The number of aliphatic hydroxyl groups is 1. The van der Waals surface area contributed by atoms with Crippen LogP contribution in [0.25, 0.3) is 0 Å². The molecule has 0 aromatic rings. The average Bonchev–Trinajstić information content (AvgIpc) is 2.62. The second kappa shape index (κ2) is 5.58. The Morgan fingerprint density at radius 1 is 1.62 bits per heavy atom. The van der Waals surface area contributed by atoms with Gasteiger partial charge in [-0.2, -0.15) is 0 Å². The van der Waals surface area contributed by atoms with E-state index in [2.05, 4.69) is 11.8 Å². The van der Waals surface area contributed by atoms with E-state index in [0.29, 0.717) is 18.4 Å². The van der Waals surface area contributed by atoms with Crippen LogP contribution >= 0.6 is 0 Å². The summed E-state index contributed by atoms with van der Waals surface area (Å²) >= 11 is 0. The van der Waals surface area contributed by atoms with Gasteiger partial charge in [0, 0.05) is 26.2 Å². The molecule has 0 amide bonds. The Hall–Kier alpha value is -0.120. The maximum atomic E-state index is 9.18. The monoisotopic (exact) mass is 187 g/mol. The van der Waals surface area contributed by atoms with E-state index < -0.39 is 0 Å². The molecule has 1 fully saturated rings. The first-order valence-electron chi connectivity index (χ1n) is 5.14. The van der Waals surface area contributed by atoms with Gasteiger partial charge in [-0.3, -0.25) is 0 Å². The van der Waals surface area contributed by atoms with Crippen molar-refractivity contribution in [2.45, 2.75) is 13.3 Å². The predicted octanol–water partition coefficient (Wildman–Crippen LogP) is 0.583. The van der Waals surface area contributed by atoms with Gasteiger partial charge in [-0.25, -0.2) is 0 Å². The smallest absolute Gasteiger partial charge is 0.0515 e. The highest BCUT2D eigenvalue weighted by Crippen LogP contribution is 2.23. The molecule has 1 saturated heterocycles. The van der Waals surface area contributed by atoms with E-state index >= 15 is 0 Å². The number of hydrogen-bond donors (Lipinski definition) is 1. The molecule has 78 valence electrons. The topological polar surface area (TPSA) is 32.7 Å². The lowest BCUT2D eigenvalue weighted by Crippen LogP contribution is -2.27. The molecule has 0 aromatic carbocycles. The minimum Gasteiger partial charge on any atom is -0.396 e. The summed E-state index contributed by atoms with van der Waals surface area (Å²) in [6.45, 7) is 6.58. The Kier molecular flexibility index (Phi) is 4.70. The number of likely N-dealkylation sites (tertiary alicyclic amines) is 1. The fourth-order valence-corrected chi connectivity index (χ4v) is 2.09. The van der Waals surface area contributed by atoms with Crippen molar-refractivity contribution >= 4 is 0 Å². The Morgan fingerprint density at radius 2 is 2.38 bits per heavy atom. The standard InChI is InChI=1S/C10H21NO2/c1-3-11-5-4-9(6-11)10(7-12)8-13-2/h9-10,12H,3-8H2,1-2H3. The maximum Gasteiger partial charge on any atom is 0.0515 e. The van der Waals surface area contributed by atoms with E-state index in [9.17, 15) is 5.11 Å². The van der Waals surface area contributed by atoms with Crippen molar-refractivity contribution in [1.82, 2.24) is 4.90 Å². The number of ether oxygens (including phenoxy) is 1. The van der Waals surface area contributed by atoms with Gasteiger partial charge in [0.05, 0.1) is 6.61 Å². The zero-order valence-corrected chi connectivity index (χ0v) is 8.70. The van der Waals surface area contributed by atoms with E-state index in [1.165, 1.54) is 13.0 Å². The van der Waals surface area contributed by atoms with Crippen LogP contribution in [0.15, 0.2) is 0 Å². The molecule has 0 bridgehead atoms. The van der Waals surface area contributed by atoms with Crippen LogP contribution in [0.4, 0.5) is 0 Å². The summed E-state index contributed by atoms with van der Waals surface area (Å²) in [5.74, 6) is 0.964. The third-order valence-corrected chi connectivity index (χ3v) is 3.04. The average molecular weight is 187 g/mol. The van der Waals surface area contributed by atoms with Crippen LogP contribution in [-0.2, 0) is 4.74 Å². The van der Waals surface area contributed by atoms with Gasteiger partial charge in [0.15, 0.2) is 0 Å². The molecular formula is C10H21NO2. The second-order valence-corrected chi connectivity index (χ2v) is 3.84. The van der Waals surface area contributed by atoms with Crippen LogP contribution < -0.4 is 0 Å². The highest BCUT2D eigenvalue weighted by Gasteiger charge is 2.27. The molecule has 3 heteroatoms. The van der Waals surface area contributed by atoms with E-state index in [1.807, 2.05) is 0 Å². The minimum atomic E-state index is 0.260. The fourth-order valence-electron chi connectivity index (χ4n) is 2.09. The Bertz CT molecular complexity index is 141. The van der Waals surface area contributed by atoms with Gasteiger partial charge in [-0.1, -0.05) is 6.92 Å². The van der Waals surface area contributed by atoms with Gasteiger partial charge in [0.1, 0.15) is 0 Å². The molecule has 1 aliphatic heterocycles. The summed E-state index contributed by atoms with van der Waals surface area (Å²) in [5, 5.41) is 9.18. The molecule has 0 saturated carbocycles. The van der Waals surface area contributed by atoms with Gasteiger partial charge in [0.25, 0.3) is 0 Å². The van der Waals surface area contributed by atoms with E-state index in [1.54, 1.807) is 7.11 Å². The summed E-state index contributed by atoms with van der Waals surface area (Å²) in [4.78, 5) is 2.43. The molecule has 3 nitrogen and oxygen atoms in total. The predicted molar refractivity (Wildman–Crippen MR) is 52.7 cm³/mol. The summed E-state index contributed by atoms with van der Waals surface area (Å²) < 4.78 is 5.10. The largest absolute Gasteiger partial charge is 0.396 e. The lowest BCUT2D eigenvalue weighted by atomic mass is 9.93. The van der Waals surface area contributed by atoms with Crippen LogP contribution in [-0.4, -0.2) is 50.0 Å². The van der Waals surface area contributed by atoms with Gasteiger partial charge in [-0.15, -0.1) is 0 Å². The molecule has 0 radical (unpaired) electrons. The zero-order chi connectivity index (χ0) is 9.68. The number of hydrogen-bond acceptors (Lipinski definition) is 3. The lowest BCUT2D eigenvalue weighted by Gasteiger charge is -2.20. The fraction of sp³-hybridized carbons (Fsp3) is 1.00. The second-order valence-electron chi connectivity index (χ2n) is 3.84. The molecule has 13 heavy (non-hydrogen) atoms. The highest BCUT2D eigenvalue weighted by molar-refractivity contribution is 4.80. The van der Waals surface area contributed by atoms with Crippen molar-refractivity contribution in [3.63, 3.8) is 0 Å². The lowest BCUT2D eigenvalue weighted by molar-refractivity contribution is 0.0772. The molecular weight excluding hydrogens is 166 g/mol. The van der Waals surface area contributed by atoms with Crippen molar-refractivity contribution in [3.8, 4) is 0 Å². The van der Waals surface area contributed by atoms with Crippen molar-refractivity contribution in [1.29, 1.82) is 0 Å². The number of methoxy groups -OCH3 is 1. The molecule has 1 rings (SSSR count). The number of aliphatic hydroxyl groups excluding tert-OH is 1. The normalized spacial score (nSPS) is 26.5. The number of rotatable bonds is 5. The van der Waals surface area contributed by atoms with Gasteiger partial charge in [0.2, 0.25) is 0 Å². The third-order valence-electron chi connectivity index (χ3n) is 3.04. The van der Waals surface area contributed by atoms with Crippen molar-refractivity contribution in [3.05, 3.63) is 0 Å². The van der Waals surface area contributed by atoms with Crippen LogP contribution in [0.2, 0.25) is 0 Å². The summed E-state index contributed by atoms with van der Waals surface area (Å²) in [7, 11) is 1.70. The maximum absolute atomic E-state index is 9.18. The van der Waals surface area contributed by atoms with Crippen LogP contribution in [0.3, 0.4) is 0 Å². The zero-order valence-electron chi connectivity index (χ0n) is 8.70. The molecule has 0 aliphatic carbocycles. The molecule has 1 heterocycles. The van der Waals surface area contributed by atoms with Crippen LogP contribution in [0.5, 0.6) is 0 Å². The van der Waals surface area contributed by atoms with Gasteiger partial charge < -0.3 is 14.7 Å². The van der Waals surface area contributed by atoms with Crippen LogP contribution in [0.1, 0.15) is 13.3 Å². The van der Waals surface area contributed by atoms with Gasteiger partial charge in [-0.05, 0) is 25.4 Å². The molecule has 1 N–H and O–H groups in total. The van der Waals surface area contributed by atoms with Crippen molar-refractivity contribution in [2.24, 2.45) is 11.8 Å². The molecule has 2 unspecified atom stereocenters. The third kappa shape index (κ3) is 2.93. The van der Waals surface area contributed by atoms with Gasteiger partial charge >= 0.3 is 0 Å². The first-order chi connectivity index (χ1) is 6.31. The molecule has 0 spiro atoms. The van der Waals surface area contributed by atoms with E-state index in [4.69, 9.17) is 4.74 Å². The first-order valence-corrected chi connectivity index (χ1v) is 5.14. The summed E-state index contributed by atoms with van der Waals surface area (Å²) in [6.07, 6.45) is 1.21. The Labute approximate surface area is 80.7 Å². The quantitative estimate of drug-likeness (QED) is 0.683. The highest BCUT2D eigenvalue weighted by atomic mass is 16.5.